The van der Waals surface area contributed by atoms with Gasteiger partial charge in [-0.2, -0.15) is 0 Å². The maximum absolute atomic E-state index is 7.01. The van der Waals surface area contributed by atoms with Crippen molar-refractivity contribution in [3.05, 3.63) is 28.7 Å². The highest BCUT2D eigenvalue weighted by atomic mass is 35.5. The topological polar surface area (TPSA) is 44.9 Å². The highest BCUT2D eigenvalue weighted by Crippen LogP contribution is 2.26. The summed E-state index contributed by atoms with van der Waals surface area (Å²) in [5.74, 6) is 0.246. The van der Waals surface area contributed by atoms with Gasteiger partial charge in [0.05, 0.1) is 13.2 Å². The SMILES string of the molecule is [C-]#[N+]c1ccc(Cl)nc1OCCOC1CCCCO1. The molecule has 0 bridgehead atoms. The maximum atomic E-state index is 7.01. The van der Waals surface area contributed by atoms with Crippen molar-refractivity contribution in [1.29, 1.82) is 0 Å². The summed E-state index contributed by atoms with van der Waals surface area (Å²) in [5, 5.41) is 0.305. The van der Waals surface area contributed by atoms with Gasteiger partial charge in [0.2, 0.25) is 11.6 Å². The first-order chi connectivity index (χ1) is 9.29. The summed E-state index contributed by atoms with van der Waals surface area (Å²) >= 11 is 5.76. The molecule has 1 saturated heterocycles. The normalized spacial score (nSPS) is 18.8. The zero-order valence-electron chi connectivity index (χ0n) is 10.5. The van der Waals surface area contributed by atoms with E-state index in [1.54, 1.807) is 12.1 Å². The first kappa shape index (κ1) is 14.1. The smallest absolute Gasteiger partial charge is 0.247 e. The van der Waals surface area contributed by atoms with Crippen LogP contribution in [-0.4, -0.2) is 31.1 Å². The Kier molecular flexibility index (Phi) is 5.40. The van der Waals surface area contributed by atoms with Crippen LogP contribution >= 0.6 is 11.6 Å². The molecule has 6 heteroatoms. The standard InChI is InChI=1S/C13H15ClN2O3/c1-15-10-5-6-11(14)16-13(10)19-9-8-18-12-4-2-3-7-17-12/h5-6,12H,2-4,7-9H2. The molecule has 1 aliphatic rings. The van der Waals surface area contributed by atoms with Gasteiger partial charge < -0.3 is 14.2 Å². The number of pyridine rings is 1. The molecule has 1 aromatic heterocycles. The molecule has 0 spiro atoms. The third-order valence-electron chi connectivity index (χ3n) is 2.69. The molecule has 0 amide bonds. The fourth-order valence-corrected chi connectivity index (χ4v) is 1.90. The number of hydrogen-bond donors (Lipinski definition) is 0. The zero-order chi connectivity index (χ0) is 13.5. The molecule has 19 heavy (non-hydrogen) atoms. The molecule has 1 fully saturated rings. The highest BCUT2D eigenvalue weighted by molar-refractivity contribution is 6.29. The summed E-state index contributed by atoms with van der Waals surface area (Å²) in [5.41, 5.74) is 0.346. The molecule has 0 saturated carbocycles. The Balaban J connectivity index is 1.76. The van der Waals surface area contributed by atoms with Crippen molar-refractivity contribution in [2.45, 2.75) is 25.6 Å². The Morgan fingerprint density at radius 1 is 1.42 bits per heavy atom. The van der Waals surface area contributed by atoms with Crippen LogP contribution in [0.15, 0.2) is 12.1 Å². The van der Waals surface area contributed by atoms with E-state index in [-0.39, 0.29) is 12.2 Å². The van der Waals surface area contributed by atoms with Crippen LogP contribution in [-0.2, 0) is 9.47 Å². The number of halogens is 1. The van der Waals surface area contributed by atoms with E-state index in [4.69, 9.17) is 32.4 Å². The van der Waals surface area contributed by atoms with Crippen molar-refractivity contribution in [2.24, 2.45) is 0 Å². The Morgan fingerprint density at radius 2 is 2.32 bits per heavy atom. The number of rotatable bonds is 5. The monoisotopic (exact) mass is 282 g/mol. The highest BCUT2D eigenvalue weighted by Gasteiger charge is 2.14. The molecule has 0 aliphatic carbocycles. The van der Waals surface area contributed by atoms with Crippen molar-refractivity contribution in [1.82, 2.24) is 4.98 Å². The minimum atomic E-state index is -0.134. The second-order valence-electron chi connectivity index (χ2n) is 4.09. The van der Waals surface area contributed by atoms with E-state index >= 15 is 0 Å². The summed E-state index contributed by atoms with van der Waals surface area (Å²) in [6.07, 6.45) is 3.01. The first-order valence-corrected chi connectivity index (χ1v) is 6.57. The molecule has 0 radical (unpaired) electrons. The van der Waals surface area contributed by atoms with Gasteiger partial charge in [0.25, 0.3) is 0 Å². The van der Waals surface area contributed by atoms with Crippen molar-refractivity contribution in [3.8, 4) is 5.88 Å². The average Bonchev–Trinajstić information content (AvgIpc) is 2.45. The third-order valence-corrected chi connectivity index (χ3v) is 2.90. The summed E-state index contributed by atoms with van der Waals surface area (Å²) in [6, 6.07) is 3.15. The molecular formula is C13H15ClN2O3. The third kappa shape index (κ3) is 4.35. The second-order valence-corrected chi connectivity index (χ2v) is 4.47. The Morgan fingerprint density at radius 3 is 3.05 bits per heavy atom. The van der Waals surface area contributed by atoms with E-state index in [9.17, 15) is 0 Å². The first-order valence-electron chi connectivity index (χ1n) is 6.19. The minimum absolute atomic E-state index is 0.134. The lowest BCUT2D eigenvalue weighted by Gasteiger charge is -2.22. The van der Waals surface area contributed by atoms with Crippen LogP contribution < -0.4 is 4.74 Å². The molecule has 2 heterocycles. The molecule has 2 rings (SSSR count). The van der Waals surface area contributed by atoms with Gasteiger partial charge in [-0.1, -0.05) is 11.6 Å². The lowest BCUT2D eigenvalue weighted by Crippen LogP contribution is -2.24. The molecule has 0 N–H and O–H groups in total. The molecule has 1 atom stereocenters. The Bertz CT molecular complexity index is 456. The molecule has 1 unspecified atom stereocenters. The van der Waals surface area contributed by atoms with Gasteiger partial charge in [-0.25, -0.2) is 9.83 Å². The van der Waals surface area contributed by atoms with Crippen LogP contribution in [0.3, 0.4) is 0 Å². The van der Waals surface area contributed by atoms with E-state index in [0.29, 0.717) is 24.1 Å². The molecule has 102 valence electrons. The van der Waals surface area contributed by atoms with E-state index in [1.165, 1.54) is 0 Å². The summed E-state index contributed by atoms with van der Waals surface area (Å²) in [6.45, 7) is 8.47. The quantitative estimate of drug-likeness (QED) is 0.473. The second kappa shape index (κ2) is 7.29. The van der Waals surface area contributed by atoms with Crippen LogP contribution in [0.4, 0.5) is 5.69 Å². The zero-order valence-corrected chi connectivity index (χ0v) is 11.2. The average molecular weight is 283 g/mol. The number of hydrogen-bond acceptors (Lipinski definition) is 4. The Labute approximate surface area is 117 Å². The molecular weight excluding hydrogens is 268 g/mol. The van der Waals surface area contributed by atoms with Crippen LogP contribution in [0.5, 0.6) is 5.88 Å². The van der Waals surface area contributed by atoms with E-state index in [2.05, 4.69) is 9.83 Å². The van der Waals surface area contributed by atoms with E-state index < -0.39 is 0 Å². The molecule has 5 nitrogen and oxygen atoms in total. The van der Waals surface area contributed by atoms with E-state index in [1.807, 2.05) is 0 Å². The van der Waals surface area contributed by atoms with Gasteiger partial charge in [0, 0.05) is 6.61 Å². The van der Waals surface area contributed by atoms with Gasteiger partial charge in [0.15, 0.2) is 6.29 Å². The van der Waals surface area contributed by atoms with Gasteiger partial charge in [-0.05, 0) is 31.4 Å². The lowest BCUT2D eigenvalue weighted by atomic mass is 10.2. The number of nitrogens with zero attached hydrogens (tertiary/aromatic N) is 2. The Hall–Kier alpha value is -1.35. The molecule has 1 aromatic rings. The maximum Gasteiger partial charge on any atom is 0.247 e. The number of aromatic nitrogens is 1. The van der Waals surface area contributed by atoms with Gasteiger partial charge in [-0.15, -0.1) is 0 Å². The minimum Gasteiger partial charge on any atom is -0.484 e. The summed E-state index contributed by atoms with van der Waals surface area (Å²) in [4.78, 5) is 7.29. The van der Waals surface area contributed by atoms with Gasteiger partial charge in [0.1, 0.15) is 11.8 Å². The van der Waals surface area contributed by atoms with E-state index in [0.717, 1.165) is 25.9 Å². The van der Waals surface area contributed by atoms with Crippen LogP contribution in [0, 0.1) is 6.57 Å². The van der Waals surface area contributed by atoms with Gasteiger partial charge >= 0.3 is 0 Å². The fourth-order valence-electron chi connectivity index (χ4n) is 1.76. The predicted molar refractivity (Wildman–Crippen MR) is 70.5 cm³/mol. The van der Waals surface area contributed by atoms with Gasteiger partial charge in [-0.3, -0.25) is 0 Å². The molecule has 0 aromatic carbocycles. The summed E-state index contributed by atoms with van der Waals surface area (Å²) in [7, 11) is 0. The fraction of sp³-hybridized carbons (Fsp3) is 0.538. The molecule has 1 aliphatic heterocycles. The van der Waals surface area contributed by atoms with Crippen molar-refractivity contribution in [2.75, 3.05) is 19.8 Å². The summed E-state index contributed by atoms with van der Waals surface area (Å²) < 4.78 is 16.4. The predicted octanol–water partition coefficient (Wildman–Crippen LogP) is 3.21. The van der Waals surface area contributed by atoms with Crippen molar-refractivity contribution < 1.29 is 14.2 Å². The van der Waals surface area contributed by atoms with Crippen LogP contribution in [0.2, 0.25) is 5.15 Å². The van der Waals surface area contributed by atoms with Crippen molar-refractivity contribution in [3.63, 3.8) is 0 Å². The van der Waals surface area contributed by atoms with Crippen LogP contribution in [0.1, 0.15) is 19.3 Å². The lowest BCUT2D eigenvalue weighted by molar-refractivity contribution is -0.165. The largest absolute Gasteiger partial charge is 0.484 e. The van der Waals surface area contributed by atoms with Crippen molar-refractivity contribution >= 4 is 17.3 Å². The van der Waals surface area contributed by atoms with Crippen LogP contribution in [0.25, 0.3) is 4.85 Å². The number of ether oxygens (including phenoxy) is 3.